The molecule has 3 rings (SSSR count). The van der Waals surface area contributed by atoms with Gasteiger partial charge in [0.15, 0.2) is 11.5 Å². The molecule has 0 saturated heterocycles. The molecule has 4 nitrogen and oxygen atoms in total. The molecule has 5 heteroatoms. The highest BCUT2D eigenvalue weighted by atomic mass is 35.5. The van der Waals surface area contributed by atoms with E-state index in [1.807, 2.05) is 74.5 Å². The van der Waals surface area contributed by atoms with Crippen molar-refractivity contribution in [2.24, 2.45) is 4.99 Å². The lowest BCUT2D eigenvalue weighted by molar-refractivity contribution is 0.208. The summed E-state index contributed by atoms with van der Waals surface area (Å²) in [5, 5.41) is 0.498. The van der Waals surface area contributed by atoms with Crippen LogP contribution >= 0.6 is 11.6 Å². The van der Waals surface area contributed by atoms with Gasteiger partial charge in [-0.3, -0.25) is 4.99 Å². The Balaban J connectivity index is 1.72. The minimum atomic E-state index is 0.0524. The van der Waals surface area contributed by atoms with Crippen LogP contribution in [0.25, 0.3) is 0 Å². The fourth-order valence-corrected chi connectivity index (χ4v) is 2.97. The van der Waals surface area contributed by atoms with Crippen LogP contribution < -0.4 is 14.2 Å². The molecule has 156 valence electrons. The topological polar surface area (TPSA) is 40.0 Å². The second kappa shape index (κ2) is 10.2. The highest BCUT2D eigenvalue weighted by Gasteiger charge is 2.14. The van der Waals surface area contributed by atoms with E-state index in [1.165, 1.54) is 5.56 Å². The molecule has 0 radical (unpaired) electrons. The first kappa shape index (κ1) is 21.7. The lowest BCUT2D eigenvalue weighted by Crippen LogP contribution is -2.11. The third-order valence-electron chi connectivity index (χ3n) is 4.60. The van der Waals surface area contributed by atoms with Gasteiger partial charge < -0.3 is 14.2 Å². The summed E-state index contributed by atoms with van der Waals surface area (Å²) < 4.78 is 17.2. The van der Waals surface area contributed by atoms with Gasteiger partial charge in [-0.05, 0) is 74.4 Å². The van der Waals surface area contributed by atoms with E-state index in [4.69, 9.17) is 25.8 Å². The molecule has 0 bridgehead atoms. The van der Waals surface area contributed by atoms with Crippen LogP contribution in [0.2, 0.25) is 5.02 Å². The first-order valence-electron chi connectivity index (χ1n) is 9.91. The summed E-state index contributed by atoms with van der Waals surface area (Å²) in [6.07, 6.45) is 2.68. The van der Waals surface area contributed by atoms with Crippen molar-refractivity contribution in [3.63, 3.8) is 0 Å². The van der Waals surface area contributed by atoms with E-state index >= 15 is 0 Å². The van der Waals surface area contributed by atoms with E-state index < -0.39 is 0 Å². The SMILES string of the molecule is CC[C@@H](C)Oc1c(Cl)cc(C=Nc2ccc(Oc3ccc(C)cc3)cc2)cc1OC. The van der Waals surface area contributed by atoms with Crippen LogP contribution in [-0.2, 0) is 0 Å². The number of rotatable bonds is 8. The molecule has 0 aliphatic rings. The molecule has 0 amide bonds. The normalized spacial score (nSPS) is 12.0. The van der Waals surface area contributed by atoms with E-state index in [9.17, 15) is 0 Å². The van der Waals surface area contributed by atoms with Crippen LogP contribution in [0.3, 0.4) is 0 Å². The predicted octanol–water partition coefficient (Wildman–Crippen LogP) is 7.38. The van der Waals surface area contributed by atoms with Crippen molar-refractivity contribution >= 4 is 23.5 Å². The molecule has 0 aliphatic carbocycles. The molecule has 0 fully saturated rings. The van der Waals surface area contributed by atoms with E-state index in [0.717, 1.165) is 29.2 Å². The van der Waals surface area contributed by atoms with E-state index in [-0.39, 0.29) is 6.10 Å². The zero-order chi connectivity index (χ0) is 21.5. The molecule has 3 aromatic carbocycles. The quantitative estimate of drug-likeness (QED) is 0.355. The zero-order valence-corrected chi connectivity index (χ0v) is 18.4. The summed E-state index contributed by atoms with van der Waals surface area (Å²) in [4.78, 5) is 4.52. The summed E-state index contributed by atoms with van der Waals surface area (Å²) in [6, 6.07) is 19.2. The number of hydrogen-bond acceptors (Lipinski definition) is 4. The lowest BCUT2D eigenvalue weighted by atomic mass is 10.2. The number of aliphatic imine (C=N–C) groups is 1. The summed E-state index contributed by atoms with van der Waals surface area (Å²) in [5.74, 6) is 2.71. The Morgan fingerprint density at radius 1 is 1.00 bits per heavy atom. The Kier molecular flexibility index (Phi) is 7.36. The van der Waals surface area contributed by atoms with Crippen molar-refractivity contribution in [3.8, 4) is 23.0 Å². The number of hydrogen-bond donors (Lipinski definition) is 0. The molecule has 0 N–H and O–H groups in total. The Bertz CT molecular complexity index is 998. The molecular weight excluding hydrogens is 398 g/mol. The summed E-state index contributed by atoms with van der Waals surface area (Å²) >= 11 is 6.42. The fraction of sp³-hybridized carbons (Fsp3) is 0.240. The summed E-state index contributed by atoms with van der Waals surface area (Å²) in [6.45, 7) is 6.10. The van der Waals surface area contributed by atoms with Crippen molar-refractivity contribution in [2.45, 2.75) is 33.3 Å². The van der Waals surface area contributed by atoms with Crippen LogP contribution in [0.5, 0.6) is 23.0 Å². The maximum absolute atomic E-state index is 6.42. The van der Waals surface area contributed by atoms with Gasteiger partial charge in [-0.1, -0.05) is 36.2 Å². The van der Waals surface area contributed by atoms with E-state index in [2.05, 4.69) is 11.9 Å². The smallest absolute Gasteiger partial charge is 0.180 e. The highest BCUT2D eigenvalue weighted by Crippen LogP contribution is 2.37. The van der Waals surface area contributed by atoms with Crippen molar-refractivity contribution in [1.29, 1.82) is 0 Å². The van der Waals surface area contributed by atoms with Crippen LogP contribution in [0, 0.1) is 6.92 Å². The largest absolute Gasteiger partial charge is 0.493 e. The van der Waals surface area contributed by atoms with Gasteiger partial charge in [0.2, 0.25) is 0 Å². The lowest BCUT2D eigenvalue weighted by Gasteiger charge is -2.17. The second-order valence-corrected chi connectivity index (χ2v) is 7.45. The average molecular weight is 424 g/mol. The van der Waals surface area contributed by atoms with Gasteiger partial charge in [0, 0.05) is 6.21 Å². The zero-order valence-electron chi connectivity index (χ0n) is 17.7. The van der Waals surface area contributed by atoms with Gasteiger partial charge >= 0.3 is 0 Å². The molecule has 0 unspecified atom stereocenters. The molecule has 0 saturated carbocycles. The first-order valence-corrected chi connectivity index (χ1v) is 10.3. The Hall–Kier alpha value is -2.98. The summed E-state index contributed by atoms with van der Waals surface area (Å²) in [7, 11) is 1.60. The molecule has 0 heterocycles. The van der Waals surface area contributed by atoms with Crippen molar-refractivity contribution < 1.29 is 14.2 Å². The number of halogens is 1. The van der Waals surface area contributed by atoms with Gasteiger partial charge in [-0.25, -0.2) is 0 Å². The highest BCUT2D eigenvalue weighted by molar-refractivity contribution is 6.32. The maximum atomic E-state index is 6.42. The van der Waals surface area contributed by atoms with E-state index in [1.54, 1.807) is 13.3 Å². The molecule has 0 aliphatic heterocycles. The molecular formula is C25H26ClNO3. The minimum absolute atomic E-state index is 0.0524. The van der Waals surface area contributed by atoms with Crippen molar-refractivity contribution in [2.75, 3.05) is 7.11 Å². The Morgan fingerprint density at radius 2 is 1.63 bits per heavy atom. The van der Waals surface area contributed by atoms with Crippen molar-refractivity contribution in [1.82, 2.24) is 0 Å². The van der Waals surface area contributed by atoms with Gasteiger partial charge in [0.05, 0.1) is 23.9 Å². The van der Waals surface area contributed by atoms with Gasteiger partial charge in [0.25, 0.3) is 0 Å². The van der Waals surface area contributed by atoms with Gasteiger partial charge in [0.1, 0.15) is 11.5 Å². The standard InChI is InChI=1S/C25H26ClNO3/c1-5-18(3)29-25-23(26)14-19(15-24(25)28-4)16-27-20-8-12-22(13-9-20)30-21-10-6-17(2)7-11-21/h6-16,18H,5H2,1-4H3/t18-/m1/s1. The van der Waals surface area contributed by atoms with Crippen LogP contribution in [0.15, 0.2) is 65.7 Å². The third-order valence-corrected chi connectivity index (χ3v) is 4.88. The Labute approximate surface area is 183 Å². The predicted molar refractivity (Wildman–Crippen MR) is 123 cm³/mol. The molecule has 30 heavy (non-hydrogen) atoms. The van der Waals surface area contributed by atoms with E-state index in [0.29, 0.717) is 16.5 Å². The number of aryl methyl sites for hydroxylation is 1. The van der Waals surface area contributed by atoms with Crippen LogP contribution in [0.1, 0.15) is 31.4 Å². The van der Waals surface area contributed by atoms with Crippen molar-refractivity contribution in [3.05, 3.63) is 76.8 Å². The number of nitrogens with zero attached hydrogens (tertiary/aromatic N) is 1. The number of methoxy groups -OCH3 is 1. The third kappa shape index (κ3) is 5.77. The second-order valence-electron chi connectivity index (χ2n) is 7.04. The molecule has 3 aromatic rings. The maximum Gasteiger partial charge on any atom is 0.180 e. The molecule has 0 aromatic heterocycles. The number of ether oxygens (including phenoxy) is 3. The Morgan fingerprint density at radius 3 is 2.23 bits per heavy atom. The molecule has 1 atom stereocenters. The monoisotopic (exact) mass is 423 g/mol. The first-order chi connectivity index (χ1) is 14.5. The summed E-state index contributed by atoms with van der Waals surface area (Å²) in [5.41, 5.74) is 2.83. The fourth-order valence-electron chi connectivity index (χ4n) is 2.70. The van der Waals surface area contributed by atoms with Gasteiger partial charge in [-0.2, -0.15) is 0 Å². The minimum Gasteiger partial charge on any atom is -0.493 e. The average Bonchev–Trinajstić information content (AvgIpc) is 2.76. The van der Waals surface area contributed by atoms with Crippen LogP contribution in [0.4, 0.5) is 5.69 Å². The molecule has 0 spiro atoms. The van der Waals surface area contributed by atoms with Crippen LogP contribution in [-0.4, -0.2) is 19.4 Å². The number of benzene rings is 3. The van der Waals surface area contributed by atoms with Gasteiger partial charge in [-0.15, -0.1) is 0 Å².